The van der Waals surface area contributed by atoms with Crippen molar-refractivity contribution in [3.8, 4) is 22.8 Å². The largest absolute Gasteiger partial charge is 0.368 e. The molecule has 8 nitrogen and oxygen atoms in total. The van der Waals surface area contributed by atoms with Crippen molar-refractivity contribution in [2.24, 2.45) is 0 Å². The Hall–Kier alpha value is -3.98. The Morgan fingerprint density at radius 1 is 1.08 bits per heavy atom. The summed E-state index contributed by atoms with van der Waals surface area (Å²) in [5, 5.41) is 2.95. The van der Waals surface area contributed by atoms with E-state index in [1.54, 1.807) is 24.7 Å². The van der Waals surface area contributed by atoms with Crippen LogP contribution in [0.4, 0.5) is 15.8 Å². The lowest BCUT2D eigenvalue weighted by Crippen LogP contribution is -2.67. The Kier molecular flexibility index (Phi) is 5.79. The van der Waals surface area contributed by atoms with Crippen molar-refractivity contribution in [2.45, 2.75) is 38.4 Å². The second-order valence-corrected chi connectivity index (χ2v) is 10.2. The Morgan fingerprint density at radius 3 is 2.43 bits per heavy atom. The normalized spacial score (nSPS) is 19.2. The Bertz CT molecular complexity index is 1410. The Balaban J connectivity index is 1.19. The third kappa shape index (κ3) is 4.29. The molecule has 0 radical (unpaired) electrons. The van der Waals surface area contributed by atoms with Gasteiger partial charge in [0.2, 0.25) is 0 Å². The molecule has 3 aliphatic heterocycles. The van der Waals surface area contributed by atoms with Gasteiger partial charge in [-0.3, -0.25) is 9.69 Å². The lowest BCUT2D eigenvalue weighted by atomic mass is 9.88. The standard InChI is InChI=1S/C28H30FN7O/c1-17(2)36-16-31-25(18-4-6-19(29)7-5-18)26(36)27-30-13-24(33-27)28(37)32-20-8-10-21(11-9-20)35-14-22-12-23(15-35)34(22)3/h4-11,13,16-17,22-23H,12,14-15H2,1-3H3,(H,30,33)(H,32,37). The van der Waals surface area contributed by atoms with Gasteiger partial charge >= 0.3 is 0 Å². The zero-order valence-electron chi connectivity index (χ0n) is 21.1. The molecular formula is C28H30FN7O. The summed E-state index contributed by atoms with van der Waals surface area (Å²) in [5.41, 5.74) is 4.37. The number of amides is 1. The number of H-pyrrole nitrogens is 1. The fourth-order valence-electron chi connectivity index (χ4n) is 5.32. The third-order valence-electron chi connectivity index (χ3n) is 7.55. The smallest absolute Gasteiger partial charge is 0.275 e. The van der Waals surface area contributed by atoms with Crippen LogP contribution in [-0.2, 0) is 0 Å². The van der Waals surface area contributed by atoms with Gasteiger partial charge in [0, 0.05) is 54.4 Å². The maximum absolute atomic E-state index is 13.5. The van der Waals surface area contributed by atoms with E-state index in [-0.39, 0.29) is 23.5 Å². The van der Waals surface area contributed by atoms with E-state index in [9.17, 15) is 9.18 Å². The molecule has 2 aromatic carbocycles. The van der Waals surface area contributed by atoms with Crippen molar-refractivity contribution >= 4 is 17.3 Å². The SMILES string of the molecule is CC(C)n1cnc(-c2ccc(F)cc2)c1-c1nc(C(=O)Nc2ccc(N3CC4CC(C3)N4C)cc2)c[nH]1. The van der Waals surface area contributed by atoms with Crippen LogP contribution in [0.25, 0.3) is 22.8 Å². The molecule has 0 saturated carbocycles. The fourth-order valence-corrected chi connectivity index (χ4v) is 5.32. The lowest BCUT2D eigenvalue weighted by Gasteiger charge is -2.55. The number of piperidine rings is 1. The quantitative estimate of drug-likeness (QED) is 0.398. The van der Waals surface area contributed by atoms with Crippen molar-refractivity contribution in [3.63, 3.8) is 0 Å². The highest BCUT2D eigenvalue weighted by molar-refractivity contribution is 6.03. The molecule has 190 valence electrons. The number of rotatable bonds is 6. The molecule has 0 spiro atoms. The fraction of sp³-hybridized carbons (Fsp3) is 0.321. The number of carbonyl (C=O) groups is 1. The summed E-state index contributed by atoms with van der Waals surface area (Å²) in [7, 11) is 2.20. The van der Waals surface area contributed by atoms with Crippen LogP contribution >= 0.6 is 0 Å². The van der Waals surface area contributed by atoms with Gasteiger partial charge < -0.3 is 19.8 Å². The monoisotopic (exact) mass is 499 g/mol. The number of piperazine rings is 1. The van der Waals surface area contributed by atoms with Crippen LogP contribution in [-0.4, -0.2) is 62.5 Å². The second kappa shape index (κ2) is 9.15. The lowest BCUT2D eigenvalue weighted by molar-refractivity contribution is 0.0264. The van der Waals surface area contributed by atoms with Crippen molar-refractivity contribution in [2.75, 3.05) is 30.4 Å². The number of nitrogens with zero attached hydrogens (tertiary/aromatic N) is 5. The van der Waals surface area contributed by atoms with Crippen LogP contribution in [0.5, 0.6) is 0 Å². The minimum Gasteiger partial charge on any atom is -0.368 e. The van der Waals surface area contributed by atoms with Crippen LogP contribution in [0.1, 0.15) is 36.8 Å². The van der Waals surface area contributed by atoms with E-state index in [4.69, 9.17) is 0 Å². The zero-order chi connectivity index (χ0) is 25.7. The number of anilines is 2. The number of likely N-dealkylation sites (N-methyl/N-ethyl adjacent to an activating group) is 1. The van der Waals surface area contributed by atoms with Gasteiger partial charge in [0.05, 0.1) is 12.0 Å². The Labute approximate surface area is 215 Å². The number of aromatic nitrogens is 4. The first kappa shape index (κ1) is 23.4. The summed E-state index contributed by atoms with van der Waals surface area (Å²) in [5.74, 6) is -0.0755. The average Bonchev–Trinajstić information content (AvgIpc) is 3.57. The number of carbonyl (C=O) groups excluding carboxylic acids is 1. The molecule has 2 bridgehead atoms. The predicted molar refractivity (Wildman–Crippen MR) is 142 cm³/mol. The molecule has 2 aromatic heterocycles. The molecule has 5 heterocycles. The first-order valence-electron chi connectivity index (χ1n) is 12.6. The molecule has 37 heavy (non-hydrogen) atoms. The van der Waals surface area contributed by atoms with Gasteiger partial charge in [-0.15, -0.1) is 0 Å². The van der Waals surface area contributed by atoms with Gasteiger partial charge in [0.25, 0.3) is 5.91 Å². The van der Waals surface area contributed by atoms with Gasteiger partial charge in [-0.25, -0.2) is 14.4 Å². The second-order valence-electron chi connectivity index (χ2n) is 10.2. The topological polar surface area (TPSA) is 82.1 Å². The van der Waals surface area contributed by atoms with E-state index < -0.39 is 0 Å². The van der Waals surface area contributed by atoms with E-state index in [0.29, 0.717) is 23.6 Å². The molecule has 3 fully saturated rings. The highest BCUT2D eigenvalue weighted by atomic mass is 19.1. The first-order chi connectivity index (χ1) is 17.9. The number of halogens is 1. The van der Waals surface area contributed by atoms with E-state index >= 15 is 0 Å². The minimum absolute atomic E-state index is 0.115. The van der Waals surface area contributed by atoms with E-state index in [0.717, 1.165) is 30.0 Å². The van der Waals surface area contributed by atoms with E-state index in [1.165, 1.54) is 24.2 Å². The molecular weight excluding hydrogens is 469 g/mol. The molecule has 0 aliphatic carbocycles. The molecule has 3 saturated heterocycles. The van der Waals surface area contributed by atoms with Crippen molar-refractivity contribution in [1.29, 1.82) is 0 Å². The minimum atomic E-state index is -0.307. The van der Waals surface area contributed by atoms with Gasteiger partial charge in [-0.2, -0.15) is 0 Å². The van der Waals surface area contributed by atoms with Crippen LogP contribution in [0.3, 0.4) is 0 Å². The molecule has 1 amide bonds. The number of benzene rings is 2. The third-order valence-corrected chi connectivity index (χ3v) is 7.55. The van der Waals surface area contributed by atoms with Gasteiger partial charge in [-0.05, 0) is 75.8 Å². The molecule has 2 unspecified atom stereocenters. The van der Waals surface area contributed by atoms with Crippen molar-refractivity contribution < 1.29 is 9.18 Å². The van der Waals surface area contributed by atoms with E-state index in [1.807, 2.05) is 30.5 Å². The van der Waals surface area contributed by atoms with Gasteiger partial charge in [0.15, 0.2) is 5.82 Å². The summed E-state index contributed by atoms with van der Waals surface area (Å²) in [4.78, 5) is 30.2. The van der Waals surface area contributed by atoms with Gasteiger partial charge in [-0.1, -0.05) is 0 Å². The highest BCUT2D eigenvalue weighted by Crippen LogP contribution is 2.34. The van der Waals surface area contributed by atoms with Crippen LogP contribution < -0.4 is 10.2 Å². The molecule has 2 N–H and O–H groups in total. The maximum Gasteiger partial charge on any atom is 0.275 e. The number of imidazole rings is 2. The summed E-state index contributed by atoms with van der Waals surface area (Å²) in [6.45, 7) is 6.18. The van der Waals surface area contributed by atoms with Gasteiger partial charge in [0.1, 0.15) is 17.2 Å². The maximum atomic E-state index is 13.5. The molecule has 9 heteroatoms. The Morgan fingerprint density at radius 2 is 1.78 bits per heavy atom. The molecule has 4 aromatic rings. The summed E-state index contributed by atoms with van der Waals surface area (Å²) in [6, 6.07) is 15.6. The number of nitrogens with one attached hydrogen (secondary N) is 2. The molecule has 7 rings (SSSR count). The number of fused-ring (bicyclic) bond motifs is 2. The zero-order valence-corrected chi connectivity index (χ0v) is 21.1. The number of hydrogen-bond donors (Lipinski definition) is 2. The number of hydrogen-bond acceptors (Lipinski definition) is 5. The first-order valence-corrected chi connectivity index (χ1v) is 12.6. The van der Waals surface area contributed by atoms with Crippen LogP contribution in [0.15, 0.2) is 61.1 Å². The summed E-state index contributed by atoms with van der Waals surface area (Å²) in [6.07, 6.45) is 4.63. The van der Waals surface area contributed by atoms with Crippen molar-refractivity contribution in [1.82, 2.24) is 24.4 Å². The van der Waals surface area contributed by atoms with Crippen LogP contribution in [0.2, 0.25) is 0 Å². The van der Waals surface area contributed by atoms with E-state index in [2.05, 4.69) is 49.2 Å². The average molecular weight is 500 g/mol. The molecule has 3 aliphatic rings. The summed E-state index contributed by atoms with van der Waals surface area (Å²) >= 11 is 0. The van der Waals surface area contributed by atoms with Crippen LogP contribution in [0, 0.1) is 5.82 Å². The van der Waals surface area contributed by atoms with Crippen molar-refractivity contribution in [3.05, 3.63) is 72.6 Å². The highest BCUT2D eigenvalue weighted by Gasteiger charge is 2.42. The predicted octanol–water partition coefficient (Wildman–Crippen LogP) is 4.81. The summed E-state index contributed by atoms with van der Waals surface area (Å²) < 4.78 is 15.5. The number of aromatic amines is 1. The molecule has 2 atom stereocenters.